The minimum Gasteiger partial charge on any atom is -0.337 e. The predicted molar refractivity (Wildman–Crippen MR) is 69.5 cm³/mol. The van der Waals surface area contributed by atoms with Gasteiger partial charge in [-0.2, -0.15) is 0 Å². The smallest absolute Gasteiger partial charge is 0.0490 e. The second-order valence-corrected chi connectivity index (χ2v) is 4.22. The summed E-state index contributed by atoms with van der Waals surface area (Å²) in [6.07, 6.45) is 8.81. The fourth-order valence-electron chi connectivity index (χ4n) is 2.60. The molecule has 0 atom stereocenters. The van der Waals surface area contributed by atoms with E-state index in [1.54, 1.807) is 0 Å². The van der Waals surface area contributed by atoms with Crippen molar-refractivity contribution in [2.24, 2.45) is 0 Å². The van der Waals surface area contributed by atoms with Crippen LogP contribution >= 0.6 is 0 Å². The zero-order valence-corrected chi connectivity index (χ0v) is 9.32. The molecule has 1 nitrogen and oxygen atoms in total. The van der Waals surface area contributed by atoms with Crippen LogP contribution in [0.15, 0.2) is 43.0 Å². The number of hydrogen-bond acceptors (Lipinski definition) is 0. The van der Waals surface area contributed by atoms with Gasteiger partial charge in [-0.1, -0.05) is 30.4 Å². The molecular formula is C15H15N. The molecular weight excluding hydrogens is 194 g/mol. The van der Waals surface area contributed by atoms with E-state index in [1.165, 1.54) is 22.2 Å². The Bertz CT molecular complexity index is 572. The number of fused-ring (bicyclic) bond motifs is 3. The minimum atomic E-state index is 0.889. The predicted octanol–water partition coefficient (Wildman–Crippen LogP) is 3.79. The van der Waals surface area contributed by atoms with E-state index in [0.29, 0.717) is 0 Å². The van der Waals surface area contributed by atoms with Crippen LogP contribution in [-0.2, 0) is 13.0 Å². The monoisotopic (exact) mass is 209 g/mol. The number of nitrogens with zero attached hydrogens (tertiary/aromatic N) is 1. The number of allylic oxidation sites excluding steroid dienone is 2. The highest BCUT2D eigenvalue weighted by molar-refractivity contribution is 5.88. The molecule has 2 aromatic rings. The molecule has 1 heterocycles. The zero-order valence-electron chi connectivity index (χ0n) is 9.32. The maximum Gasteiger partial charge on any atom is 0.0490 e. The van der Waals surface area contributed by atoms with Crippen molar-refractivity contribution < 1.29 is 0 Å². The molecule has 0 saturated heterocycles. The third kappa shape index (κ3) is 1.25. The molecule has 0 unspecified atom stereocenters. The molecule has 0 fully saturated rings. The zero-order chi connectivity index (χ0) is 11.0. The molecule has 0 spiro atoms. The summed E-state index contributed by atoms with van der Waals surface area (Å²) in [5, 5.41) is 1.41. The van der Waals surface area contributed by atoms with Crippen LogP contribution in [-0.4, -0.2) is 4.57 Å². The van der Waals surface area contributed by atoms with Gasteiger partial charge in [0.05, 0.1) is 0 Å². The molecule has 0 saturated carbocycles. The van der Waals surface area contributed by atoms with Crippen LogP contribution in [0.2, 0.25) is 0 Å². The summed E-state index contributed by atoms with van der Waals surface area (Å²) in [6.45, 7) is 4.74. The minimum absolute atomic E-state index is 0.889. The standard InChI is InChI=1S/C15H15N/c1-2-11-16-14-9-5-3-7-12(14)13-8-4-6-10-15(13)16/h2-3,5-7,9-10H,1,4,8,11H2. The Labute approximate surface area is 95.7 Å². The summed E-state index contributed by atoms with van der Waals surface area (Å²) in [5.74, 6) is 0. The van der Waals surface area contributed by atoms with E-state index < -0.39 is 0 Å². The molecule has 3 rings (SSSR count). The van der Waals surface area contributed by atoms with Crippen LogP contribution in [0.4, 0.5) is 0 Å². The van der Waals surface area contributed by atoms with E-state index in [9.17, 15) is 0 Å². The highest BCUT2D eigenvalue weighted by Crippen LogP contribution is 2.30. The quantitative estimate of drug-likeness (QED) is 0.663. The lowest BCUT2D eigenvalue weighted by molar-refractivity contribution is 0.835. The number of hydrogen-bond donors (Lipinski definition) is 0. The number of aromatic nitrogens is 1. The average molecular weight is 209 g/mol. The van der Waals surface area contributed by atoms with Gasteiger partial charge in [0, 0.05) is 23.1 Å². The van der Waals surface area contributed by atoms with Gasteiger partial charge in [0.25, 0.3) is 0 Å². The Morgan fingerprint density at radius 1 is 1.31 bits per heavy atom. The fraction of sp³-hybridized carbons (Fsp3) is 0.200. The van der Waals surface area contributed by atoms with Crippen molar-refractivity contribution >= 4 is 17.0 Å². The van der Waals surface area contributed by atoms with Crippen molar-refractivity contribution in [2.45, 2.75) is 19.4 Å². The summed E-state index contributed by atoms with van der Waals surface area (Å²) >= 11 is 0. The lowest BCUT2D eigenvalue weighted by atomic mass is 10.0. The van der Waals surface area contributed by atoms with E-state index >= 15 is 0 Å². The van der Waals surface area contributed by atoms with Crippen LogP contribution in [0.5, 0.6) is 0 Å². The van der Waals surface area contributed by atoms with Crippen LogP contribution in [0, 0.1) is 0 Å². The van der Waals surface area contributed by atoms with Gasteiger partial charge >= 0.3 is 0 Å². The van der Waals surface area contributed by atoms with E-state index in [2.05, 4.69) is 47.6 Å². The van der Waals surface area contributed by atoms with Crippen molar-refractivity contribution in [1.82, 2.24) is 4.57 Å². The first-order valence-corrected chi connectivity index (χ1v) is 5.79. The van der Waals surface area contributed by atoms with Gasteiger partial charge in [0.15, 0.2) is 0 Å². The van der Waals surface area contributed by atoms with E-state index in [4.69, 9.17) is 0 Å². The molecule has 0 amide bonds. The Kier molecular flexibility index (Phi) is 2.17. The van der Waals surface area contributed by atoms with Gasteiger partial charge < -0.3 is 4.57 Å². The van der Waals surface area contributed by atoms with Crippen molar-refractivity contribution in [3.63, 3.8) is 0 Å². The van der Waals surface area contributed by atoms with Crippen LogP contribution < -0.4 is 0 Å². The molecule has 1 aliphatic carbocycles. The van der Waals surface area contributed by atoms with E-state index in [0.717, 1.165) is 19.4 Å². The summed E-state index contributed by atoms with van der Waals surface area (Å²) in [5.41, 5.74) is 4.20. The lowest BCUT2D eigenvalue weighted by Gasteiger charge is -2.09. The highest BCUT2D eigenvalue weighted by atomic mass is 15.0. The largest absolute Gasteiger partial charge is 0.337 e. The maximum absolute atomic E-state index is 3.85. The van der Waals surface area contributed by atoms with Crippen molar-refractivity contribution in [2.75, 3.05) is 0 Å². The summed E-state index contributed by atoms with van der Waals surface area (Å²) in [4.78, 5) is 0. The van der Waals surface area contributed by atoms with E-state index in [-0.39, 0.29) is 0 Å². The number of rotatable bonds is 2. The molecule has 0 N–H and O–H groups in total. The third-order valence-electron chi connectivity index (χ3n) is 3.27. The Hall–Kier alpha value is -1.76. The Balaban J connectivity index is 2.38. The SMILES string of the molecule is C=CCn1c2c(c3ccccc31)CCC=C2. The van der Waals surface area contributed by atoms with E-state index in [1.807, 2.05) is 6.08 Å². The maximum atomic E-state index is 3.85. The van der Waals surface area contributed by atoms with Gasteiger partial charge in [0.1, 0.15) is 0 Å². The highest BCUT2D eigenvalue weighted by Gasteiger charge is 2.15. The molecule has 0 radical (unpaired) electrons. The molecule has 0 bridgehead atoms. The van der Waals surface area contributed by atoms with Gasteiger partial charge in [-0.25, -0.2) is 0 Å². The molecule has 1 aromatic carbocycles. The second kappa shape index (κ2) is 3.67. The normalized spacial score (nSPS) is 14.0. The first-order valence-electron chi connectivity index (χ1n) is 5.79. The van der Waals surface area contributed by atoms with Crippen LogP contribution in [0.3, 0.4) is 0 Å². The lowest BCUT2D eigenvalue weighted by Crippen LogP contribution is -2.00. The second-order valence-electron chi connectivity index (χ2n) is 4.22. The molecule has 80 valence electrons. The number of benzene rings is 1. The number of para-hydroxylation sites is 1. The Morgan fingerprint density at radius 2 is 2.19 bits per heavy atom. The first kappa shape index (κ1) is 9.46. The summed E-state index contributed by atoms with van der Waals surface area (Å²) in [6, 6.07) is 8.66. The Morgan fingerprint density at radius 3 is 3.06 bits per heavy atom. The first-order chi connectivity index (χ1) is 7.92. The molecule has 0 aliphatic heterocycles. The fourth-order valence-corrected chi connectivity index (χ4v) is 2.60. The molecule has 1 heteroatoms. The molecule has 1 aromatic heterocycles. The van der Waals surface area contributed by atoms with Gasteiger partial charge in [-0.3, -0.25) is 0 Å². The number of aryl methyl sites for hydroxylation is 1. The van der Waals surface area contributed by atoms with Crippen molar-refractivity contribution in [3.8, 4) is 0 Å². The van der Waals surface area contributed by atoms with Crippen molar-refractivity contribution in [3.05, 3.63) is 54.3 Å². The third-order valence-corrected chi connectivity index (χ3v) is 3.27. The van der Waals surface area contributed by atoms with Crippen LogP contribution in [0.1, 0.15) is 17.7 Å². The average Bonchev–Trinajstić information content (AvgIpc) is 2.66. The topological polar surface area (TPSA) is 4.93 Å². The molecule has 1 aliphatic rings. The molecule has 16 heavy (non-hydrogen) atoms. The van der Waals surface area contributed by atoms with Gasteiger partial charge in [0.2, 0.25) is 0 Å². The summed E-state index contributed by atoms with van der Waals surface area (Å²) < 4.78 is 2.35. The van der Waals surface area contributed by atoms with Gasteiger partial charge in [-0.15, -0.1) is 6.58 Å². The van der Waals surface area contributed by atoms with Crippen LogP contribution in [0.25, 0.3) is 17.0 Å². The van der Waals surface area contributed by atoms with Gasteiger partial charge in [-0.05, 0) is 30.5 Å². The summed E-state index contributed by atoms with van der Waals surface area (Å²) in [7, 11) is 0. The van der Waals surface area contributed by atoms with Crippen molar-refractivity contribution in [1.29, 1.82) is 0 Å².